The van der Waals surface area contributed by atoms with Crippen LogP contribution in [0.4, 0.5) is 0 Å². The Balaban J connectivity index is 3.22. The number of Topliss-reactive ketones (excluding diaryl/α,β-unsaturated/α-hetero) is 1. The molecule has 0 aromatic rings. The van der Waals surface area contributed by atoms with Crippen LogP contribution in [0.15, 0.2) is 0 Å². The first kappa shape index (κ1) is 31.2. The van der Waals surface area contributed by atoms with E-state index in [4.69, 9.17) is 13.3 Å². The van der Waals surface area contributed by atoms with Gasteiger partial charge in [-0.3, -0.25) is 4.79 Å². The third-order valence-electron chi connectivity index (χ3n) is 9.04. The van der Waals surface area contributed by atoms with Gasteiger partial charge in [-0.1, -0.05) is 62.3 Å². The Bertz CT molecular complexity index is 626. The van der Waals surface area contributed by atoms with Gasteiger partial charge < -0.3 is 13.3 Å². The van der Waals surface area contributed by atoms with Crippen LogP contribution in [0.1, 0.15) is 81.6 Å². The molecule has 0 radical (unpaired) electrons. The summed E-state index contributed by atoms with van der Waals surface area (Å²) in [6.07, 6.45) is 1.75. The van der Waals surface area contributed by atoms with Gasteiger partial charge >= 0.3 is 0 Å². The van der Waals surface area contributed by atoms with E-state index in [1.54, 1.807) is 0 Å². The minimum absolute atomic E-state index is 0.0788. The number of hydrogen-bond donors (Lipinski definition) is 0. The Hall–Kier alpha value is 0.201. The van der Waals surface area contributed by atoms with E-state index in [0.29, 0.717) is 19.4 Å². The zero-order chi connectivity index (χ0) is 26.3. The van der Waals surface area contributed by atoms with E-state index in [-0.39, 0.29) is 39.0 Å². The van der Waals surface area contributed by atoms with Crippen molar-refractivity contribution < 1.29 is 18.1 Å². The zero-order valence-electron chi connectivity index (χ0n) is 24.7. The lowest BCUT2D eigenvalue weighted by Crippen LogP contribution is -2.54. The van der Waals surface area contributed by atoms with Crippen molar-refractivity contribution in [1.29, 1.82) is 0 Å². The van der Waals surface area contributed by atoms with Crippen molar-refractivity contribution in [2.24, 2.45) is 5.92 Å². The number of ketones is 1. The fourth-order valence-electron chi connectivity index (χ4n) is 3.48. The maximum atomic E-state index is 12.9. The van der Waals surface area contributed by atoms with Crippen LogP contribution in [0, 0.1) is 5.92 Å². The summed E-state index contributed by atoms with van der Waals surface area (Å²) >= 11 is 0. The molecule has 0 unspecified atom stereocenters. The van der Waals surface area contributed by atoms with Crippen LogP contribution in [-0.4, -0.2) is 49.6 Å². The minimum atomic E-state index is -2.02. The number of hydrogen-bond acceptors (Lipinski definition) is 4. The average molecular weight is 517 g/mol. The Labute approximate surface area is 209 Å². The first-order chi connectivity index (χ1) is 14.4. The van der Waals surface area contributed by atoms with E-state index in [1.165, 1.54) is 0 Å². The lowest BCUT2D eigenvalue weighted by atomic mass is 9.81. The molecule has 0 bridgehead atoms. The van der Waals surface area contributed by atoms with Crippen molar-refractivity contribution in [1.82, 2.24) is 0 Å². The molecule has 0 aliphatic heterocycles. The van der Waals surface area contributed by atoms with Crippen molar-refractivity contribution in [2.75, 3.05) is 6.61 Å². The van der Waals surface area contributed by atoms with Crippen LogP contribution in [0.25, 0.3) is 0 Å². The third kappa shape index (κ3) is 8.10. The molecule has 0 spiro atoms. The molecule has 4 nitrogen and oxygen atoms in total. The molecule has 0 aromatic carbocycles. The summed E-state index contributed by atoms with van der Waals surface area (Å²) in [5, 5.41) is 0.389. The Kier molecular flexibility index (Phi) is 9.74. The van der Waals surface area contributed by atoms with E-state index in [2.05, 4.69) is 102 Å². The smallest absolute Gasteiger partial charge is 0.192 e. The first-order valence-corrected chi connectivity index (χ1v) is 21.6. The van der Waals surface area contributed by atoms with E-state index in [9.17, 15) is 4.79 Å². The highest BCUT2D eigenvalue weighted by Gasteiger charge is 2.48. The summed E-state index contributed by atoms with van der Waals surface area (Å²) in [4.78, 5) is 12.9. The summed E-state index contributed by atoms with van der Waals surface area (Å²) in [5.41, 5.74) is 0. The van der Waals surface area contributed by atoms with E-state index < -0.39 is 25.0 Å². The number of rotatable bonds is 8. The van der Waals surface area contributed by atoms with Crippen LogP contribution < -0.4 is 0 Å². The van der Waals surface area contributed by atoms with Crippen LogP contribution in [0.5, 0.6) is 0 Å². The van der Waals surface area contributed by atoms with Gasteiger partial charge in [-0.2, -0.15) is 0 Å². The highest BCUT2D eigenvalue weighted by Crippen LogP contribution is 2.44. The molecule has 0 amide bonds. The molecule has 1 aliphatic rings. The van der Waals surface area contributed by atoms with E-state index >= 15 is 0 Å². The lowest BCUT2D eigenvalue weighted by molar-refractivity contribution is -0.130. The second-order valence-electron chi connectivity index (χ2n) is 14.8. The van der Waals surface area contributed by atoms with Gasteiger partial charge in [0.2, 0.25) is 0 Å². The van der Waals surface area contributed by atoms with E-state index in [0.717, 1.165) is 6.42 Å². The monoisotopic (exact) mass is 516 g/mol. The normalized spacial score (nSPS) is 22.7. The molecule has 196 valence electrons. The summed E-state index contributed by atoms with van der Waals surface area (Å²) < 4.78 is 20.4. The number of carbonyl (C=O) groups excluding carboxylic acids is 1. The number of carbonyl (C=O) groups is 1. The Morgan fingerprint density at radius 2 is 1.00 bits per heavy atom. The molecule has 2 atom stereocenters. The van der Waals surface area contributed by atoms with Crippen LogP contribution in [0.2, 0.25) is 54.4 Å². The average Bonchev–Trinajstić information content (AvgIpc) is 2.53. The molecule has 1 rings (SSSR count). The summed E-state index contributed by atoms with van der Waals surface area (Å²) in [7, 11) is -5.88. The fraction of sp³-hybridized carbons (Fsp3) is 0.962. The molecule has 0 N–H and O–H groups in total. The van der Waals surface area contributed by atoms with Crippen LogP contribution in [0.3, 0.4) is 0 Å². The molecular weight excluding hydrogens is 461 g/mol. The van der Waals surface area contributed by atoms with Crippen molar-refractivity contribution >= 4 is 30.7 Å². The molecule has 33 heavy (non-hydrogen) atoms. The summed E-state index contributed by atoms with van der Waals surface area (Å²) in [6.45, 7) is 34.9. The quantitative estimate of drug-likeness (QED) is 0.305. The zero-order valence-corrected chi connectivity index (χ0v) is 27.7. The van der Waals surface area contributed by atoms with Gasteiger partial charge in [0.1, 0.15) is 5.78 Å². The van der Waals surface area contributed by atoms with Gasteiger partial charge in [-0.25, -0.2) is 0 Å². The highest BCUT2D eigenvalue weighted by atomic mass is 28.4. The van der Waals surface area contributed by atoms with Gasteiger partial charge in [0.25, 0.3) is 0 Å². The first-order valence-electron chi connectivity index (χ1n) is 12.9. The van der Waals surface area contributed by atoms with E-state index in [1.807, 2.05) is 0 Å². The summed E-state index contributed by atoms with van der Waals surface area (Å²) in [6, 6.07) is 0. The molecule has 1 aliphatic carbocycles. The molecule has 1 saturated carbocycles. The van der Waals surface area contributed by atoms with Crippen molar-refractivity contribution in [3.8, 4) is 0 Å². The SMILES string of the molecule is CC(C)(C)[Si](C)(C)OCCC1[C@H](O[Si](C)(C)C(C)(C)C)CC(=O)C[C@H]1O[Si](C)(C)C(C)(C)C. The molecule has 0 heterocycles. The Morgan fingerprint density at radius 1 is 0.667 bits per heavy atom. The fourth-order valence-corrected chi connectivity index (χ4v) is 7.28. The molecule has 1 fully saturated rings. The van der Waals surface area contributed by atoms with Crippen molar-refractivity contribution in [3.05, 3.63) is 0 Å². The highest BCUT2D eigenvalue weighted by molar-refractivity contribution is 6.75. The molecule has 0 saturated heterocycles. The predicted molar refractivity (Wildman–Crippen MR) is 150 cm³/mol. The van der Waals surface area contributed by atoms with Crippen LogP contribution >= 0.6 is 0 Å². The third-order valence-corrected chi connectivity index (χ3v) is 22.6. The van der Waals surface area contributed by atoms with Crippen molar-refractivity contribution in [3.63, 3.8) is 0 Å². The largest absolute Gasteiger partial charge is 0.417 e. The van der Waals surface area contributed by atoms with Gasteiger partial charge in [0, 0.05) is 25.4 Å². The summed E-state index contributed by atoms with van der Waals surface area (Å²) in [5.74, 6) is 0.472. The second-order valence-corrected chi connectivity index (χ2v) is 29.2. The maximum absolute atomic E-state index is 12.9. The van der Waals surface area contributed by atoms with Gasteiger partial charge in [0.15, 0.2) is 25.0 Å². The molecular formula is C26H56O4Si3. The van der Waals surface area contributed by atoms with Gasteiger partial charge in [-0.05, 0) is 60.8 Å². The van der Waals surface area contributed by atoms with Gasteiger partial charge in [-0.15, -0.1) is 0 Å². The van der Waals surface area contributed by atoms with Gasteiger partial charge in [0.05, 0.1) is 12.2 Å². The minimum Gasteiger partial charge on any atom is -0.417 e. The Morgan fingerprint density at radius 3 is 1.30 bits per heavy atom. The van der Waals surface area contributed by atoms with Crippen molar-refractivity contribution in [2.45, 2.75) is 148 Å². The molecule has 0 aromatic heterocycles. The van der Waals surface area contributed by atoms with Crippen LogP contribution in [-0.2, 0) is 18.1 Å². The standard InChI is InChI=1S/C26H56O4Si3/c1-24(2,3)31(10,11)28-17-16-21-22(29-32(12,13)25(4,5)6)18-20(27)19-23(21)30-33(14,15)26(7,8)9/h21-23H,16-19H2,1-15H3/t22-,23-/m1/s1. The second kappa shape index (κ2) is 10.3. The molecule has 7 heteroatoms. The topological polar surface area (TPSA) is 44.8 Å². The lowest BCUT2D eigenvalue weighted by Gasteiger charge is -2.48. The predicted octanol–water partition coefficient (Wildman–Crippen LogP) is 8.16. The maximum Gasteiger partial charge on any atom is 0.192 e.